The largest absolute Gasteiger partial charge is 0.316 e. The Labute approximate surface area is 84.7 Å². The van der Waals surface area contributed by atoms with Crippen molar-refractivity contribution in [2.24, 2.45) is 0 Å². The Morgan fingerprint density at radius 2 is 2.38 bits per heavy atom. The highest BCUT2D eigenvalue weighted by Gasteiger charge is 2.02. The SMILES string of the molecule is CNCc1ccc2c(Br)[nH]nc2c1. The van der Waals surface area contributed by atoms with Crippen LogP contribution in [0.3, 0.4) is 0 Å². The number of aromatic nitrogens is 2. The molecule has 0 spiro atoms. The van der Waals surface area contributed by atoms with Crippen LogP contribution < -0.4 is 5.32 Å². The van der Waals surface area contributed by atoms with Gasteiger partial charge in [0.15, 0.2) is 0 Å². The molecular formula is C9H10BrN3. The molecule has 0 aliphatic rings. The fraction of sp³-hybridized carbons (Fsp3) is 0.222. The molecule has 4 heteroatoms. The van der Waals surface area contributed by atoms with Crippen LogP contribution in [0.1, 0.15) is 5.56 Å². The van der Waals surface area contributed by atoms with Crippen molar-refractivity contribution in [2.45, 2.75) is 6.54 Å². The van der Waals surface area contributed by atoms with Crippen molar-refractivity contribution in [3.05, 3.63) is 28.4 Å². The molecule has 0 fully saturated rings. The minimum atomic E-state index is 0.875. The second-order valence-corrected chi connectivity index (χ2v) is 3.71. The van der Waals surface area contributed by atoms with Crippen molar-refractivity contribution < 1.29 is 0 Å². The summed E-state index contributed by atoms with van der Waals surface area (Å²) in [5.74, 6) is 0. The first-order chi connectivity index (χ1) is 6.31. The molecule has 0 aliphatic carbocycles. The van der Waals surface area contributed by atoms with Crippen LogP contribution in [0, 0.1) is 0 Å². The fourth-order valence-corrected chi connectivity index (χ4v) is 1.76. The smallest absolute Gasteiger partial charge is 0.108 e. The standard InChI is InChI=1S/C9H10BrN3/c1-11-5-6-2-3-7-8(4-6)12-13-9(7)10/h2-4,11H,5H2,1H3,(H,12,13). The van der Waals surface area contributed by atoms with E-state index in [0.717, 1.165) is 22.1 Å². The van der Waals surface area contributed by atoms with Gasteiger partial charge in [0.05, 0.1) is 5.52 Å². The second kappa shape index (κ2) is 3.47. The zero-order valence-corrected chi connectivity index (χ0v) is 8.85. The minimum absolute atomic E-state index is 0.875. The molecule has 0 atom stereocenters. The van der Waals surface area contributed by atoms with Gasteiger partial charge >= 0.3 is 0 Å². The van der Waals surface area contributed by atoms with E-state index in [2.05, 4.69) is 49.6 Å². The Kier molecular flexibility index (Phi) is 2.33. The van der Waals surface area contributed by atoms with Gasteiger partial charge in [-0.2, -0.15) is 5.10 Å². The van der Waals surface area contributed by atoms with E-state index in [1.165, 1.54) is 5.56 Å². The molecule has 0 radical (unpaired) electrons. The maximum atomic E-state index is 4.16. The quantitative estimate of drug-likeness (QED) is 0.843. The minimum Gasteiger partial charge on any atom is -0.316 e. The number of hydrogen-bond acceptors (Lipinski definition) is 2. The zero-order chi connectivity index (χ0) is 9.26. The normalized spacial score (nSPS) is 10.9. The molecule has 0 saturated heterocycles. The third-order valence-electron chi connectivity index (χ3n) is 1.95. The lowest BCUT2D eigenvalue weighted by molar-refractivity contribution is 0.819. The van der Waals surface area contributed by atoms with Crippen molar-refractivity contribution in [1.29, 1.82) is 0 Å². The molecule has 2 N–H and O–H groups in total. The second-order valence-electron chi connectivity index (χ2n) is 2.92. The van der Waals surface area contributed by atoms with E-state index >= 15 is 0 Å². The van der Waals surface area contributed by atoms with Crippen LogP contribution in [0.2, 0.25) is 0 Å². The summed E-state index contributed by atoms with van der Waals surface area (Å²) >= 11 is 3.40. The lowest BCUT2D eigenvalue weighted by atomic mass is 10.2. The highest BCUT2D eigenvalue weighted by atomic mass is 79.9. The van der Waals surface area contributed by atoms with Gasteiger partial charge in [-0.05, 0) is 40.7 Å². The van der Waals surface area contributed by atoms with Crippen LogP contribution >= 0.6 is 15.9 Å². The average Bonchev–Trinajstić information content (AvgIpc) is 2.48. The predicted octanol–water partition coefficient (Wildman–Crippen LogP) is 2.04. The molecule has 1 heterocycles. The van der Waals surface area contributed by atoms with Crippen molar-refractivity contribution in [2.75, 3.05) is 7.05 Å². The Morgan fingerprint density at radius 3 is 3.15 bits per heavy atom. The van der Waals surface area contributed by atoms with E-state index in [1.807, 2.05) is 7.05 Å². The summed E-state index contributed by atoms with van der Waals surface area (Å²) in [5.41, 5.74) is 2.24. The first-order valence-corrected chi connectivity index (χ1v) is 4.87. The maximum absolute atomic E-state index is 4.16. The molecule has 1 aromatic carbocycles. The Bertz CT molecular complexity index is 422. The van der Waals surface area contributed by atoms with Gasteiger partial charge in [0.1, 0.15) is 4.60 Å². The molecule has 13 heavy (non-hydrogen) atoms. The maximum Gasteiger partial charge on any atom is 0.108 e. The zero-order valence-electron chi connectivity index (χ0n) is 7.26. The number of fused-ring (bicyclic) bond motifs is 1. The molecule has 2 rings (SSSR count). The predicted molar refractivity (Wildman–Crippen MR) is 56.6 cm³/mol. The number of benzene rings is 1. The molecule has 0 aliphatic heterocycles. The summed E-state index contributed by atoms with van der Waals surface area (Å²) in [6.45, 7) is 0.875. The van der Waals surface area contributed by atoms with Crippen LogP contribution in [-0.2, 0) is 6.54 Å². The highest BCUT2D eigenvalue weighted by molar-refractivity contribution is 9.10. The molecule has 1 aromatic heterocycles. The van der Waals surface area contributed by atoms with Gasteiger partial charge in [-0.3, -0.25) is 5.10 Å². The van der Waals surface area contributed by atoms with E-state index in [-0.39, 0.29) is 0 Å². The van der Waals surface area contributed by atoms with Gasteiger partial charge in [-0.25, -0.2) is 0 Å². The molecule has 0 amide bonds. The Hall–Kier alpha value is -0.870. The number of hydrogen-bond donors (Lipinski definition) is 2. The monoisotopic (exact) mass is 239 g/mol. The van der Waals surface area contributed by atoms with Crippen molar-refractivity contribution in [3.8, 4) is 0 Å². The Balaban J connectivity index is 2.50. The fourth-order valence-electron chi connectivity index (χ4n) is 1.34. The number of aromatic amines is 1. The molecule has 3 nitrogen and oxygen atoms in total. The highest BCUT2D eigenvalue weighted by Crippen LogP contribution is 2.21. The van der Waals surface area contributed by atoms with Crippen LogP contribution in [0.5, 0.6) is 0 Å². The summed E-state index contributed by atoms with van der Waals surface area (Å²) < 4.78 is 0.943. The van der Waals surface area contributed by atoms with Crippen LogP contribution in [0.4, 0.5) is 0 Å². The summed E-state index contributed by atoms with van der Waals surface area (Å²) in [6.07, 6.45) is 0. The molecular weight excluding hydrogens is 230 g/mol. The molecule has 68 valence electrons. The number of nitrogens with one attached hydrogen (secondary N) is 2. The van der Waals surface area contributed by atoms with Gasteiger partial charge in [0.25, 0.3) is 0 Å². The van der Waals surface area contributed by atoms with Crippen LogP contribution in [0.25, 0.3) is 10.9 Å². The van der Waals surface area contributed by atoms with Crippen molar-refractivity contribution in [1.82, 2.24) is 15.5 Å². The van der Waals surface area contributed by atoms with Crippen molar-refractivity contribution >= 4 is 26.8 Å². The van der Waals surface area contributed by atoms with E-state index in [9.17, 15) is 0 Å². The first kappa shape index (κ1) is 8.72. The lowest BCUT2D eigenvalue weighted by Gasteiger charge is -1.98. The lowest BCUT2D eigenvalue weighted by Crippen LogP contribution is -2.04. The van der Waals surface area contributed by atoms with E-state index in [4.69, 9.17) is 0 Å². The topological polar surface area (TPSA) is 40.7 Å². The van der Waals surface area contributed by atoms with E-state index in [0.29, 0.717) is 0 Å². The first-order valence-electron chi connectivity index (χ1n) is 4.08. The summed E-state index contributed by atoms with van der Waals surface area (Å²) in [4.78, 5) is 0. The number of H-pyrrole nitrogens is 1. The third kappa shape index (κ3) is 1.59. The van der Waals surface area contributed by atoms with Gasteiger partial charge in [0.2, 0.25) is 0 Å². The van der Waals surface area contributed by atoms with Gasteiger partial charge < -0.3 is 5.32 Å². The Morgan fingerprint density at radius 1 is 1.54 bits per heavy atom. The number of nitrogens with zero attached hydrogens (tertiary/aromatic N) is 1. The van der Waals surface area contributed by atoms with Gasteiger partial charge in [-0.1, -0.05) is 6.07 Å². The average molecular weight is 240 g/mol. The summed E-state index contributed by atoms with van der Waals surface area (Å²) in [7, 11) is 1.94. The molecule has 0 bridgehead atoms. The molecule has 0 unspecified atom stereocenters. The number of halogens is 1. The summed E-state index contributed by atoms with van der Waals surface area (Å²) in [6, 6.07) is 6.24. The third-order valence-corrected chi connectivity index (χ3v) is 2.56. The number of rotatable bonds is 2. The molecule has 0 saturated carbocycles. The van der Waals surface area contributed by atoms with Gasteiger partial charge in [0, 0.05) is 11.9 Å². The van der Waals surface area contributed by atoms with Crippen LogP contribution in [0.15, 0.2) is 22.8 Å². The van der Waals surface area contributed by atoms with Crippen molar-refractivity contribution in [3.63, 3.8) is 0 Å². The van der Waals surface area contributed by atoms with Gasteiger partial charge in [-0.15, -0.1) is 0 Å². The summed E-state index contributed by atoms with van der Waals surface area (Å²) in [5, 5.41) is 11.3. The van der Waals surface area contributed by atoms with E-state index in [1.54, 1.807) is 0 Å². The van der Waals surface area contributed by atoms with E-state index < -0.39 is 0 Å². The molecule has 2 aromatic rings. The van der Waals surface area contributed by atoms with Crippen LogP contribution in [-0.4, -0.2) is 17.2 Å².